The Morgan fingerprint density at radius 1 is 1.11 bits per heavy atom. The maximum atomic E-state index is 5.47. The van der Waals surface area contributed by atoms with E-state index < -0.39 is 0 Å². The summed E-state index contributed by atoms with van der Waals surface area (Å²) in [4.78, 5) is 0. The molecule has 0 saturated heterocycles. The predicted octanol–water partition coefficient (Wildman–Crippen LogP) is 3.79. The Morgan fingerprint density at radius 3 is 2.68 bits per heavy atom. The van der Waals surface area contributed by atoms with Gasteiger partial charge in [-0.1, -0.05) is 36.4 Å². The van der Waals surface area contributed by atoms with Crippen molar-refractivity contribution in [2.75, 3.05) is 13.7 Å². The van der Waals surface area contributed by atoms with Gasteiger partial charge in [0.05, 0.1) is 18.9 Å². The van der Waals surface area contributed by atoms with Crippen LogP contribution in [0.15, 0.2) is 54.3 Å². The summed E-state index contributed by atoms with van der Waals surface area (Å²) in [6.45, 7) is 0.845. The summed E-state index contributed by atoms with van der Waals surface area (Å²) in [6, 6.07) is 15.4. The maximum Gasteiger partial charge on any atom is 0.0876 e. The molecule has 0 saturated carbocycles. The molecule has 1 aliphatic rings. The highest BCUT2D eigenvalue weighted by atomic mass is 16.5. The fourth-order valence-corrected chi connectivity index (χ4v) is 2.75. The van der Waals surface area contributed by atoms with E-state index in [1.807, 2.05) is 13.3 Å². The van der Waals surface area contributed by atoms with E-state index in [0.717, 1.165) is 19.4 Å². The minimum absolute atomic E-state index is 0.255. The molecule has 2 aromatic carbocycles. The van der Waals surface area contributed by atoms with Gasteiger partial charge in [-0.3, -0.25) is 0 Å². The molecule has 2 aromatic rings. The van der Waals surface area contributed by atoms with Crippen LogP contribution in [0.2, 0.25) is 0 Å². The van der Waals surface area contributed by atoms with E-state index >= 15 is 0 Å². The minimum Gasteiger partial charge on any atom is -0.501 e. The van der Waals surface area contributed by atoms with Gasteiger partial charge in [0.15, 0.2) is 0 Å². The smallest absolute Gasteiger partial charge is 0.0876 e. The molecular formula is C17H19NO. The van der Waals surface area contributed by atoms with Crippen LogP contribution < -0.4 is 5.32 Å². The lowest BCUT2D eigenvalue weighted by molar-refractivity contribution is 0.220. The third kappa shape index (κ3) is 2.49. The van der Waals surface area contributed by atoms with Crippen molar-refractivity contribution < 1.29 is 4.74 Å². The van der Waals surface area contributed by atoms with E-state index in [-0.39, 0.29) is 6.04 Å². The molecule has 1 atom stereocenters. The zero-order valence-corrected chi connectivity index (χ0v) is 11.2. The number of nitrogens with one attached hydrogen (secondary N) is 1. The van der Waals surface area contributed by atoms with Crippen LogP contribution in [0.4, 0.5) is 0 Å². The van der Waals surface area contributed by atoms with Gasteiger partial charge in [0, 0.05) is 0 Å². The van der Waals surface area contributed by atoms with Crippen molar-refractivity contribution in [1.82, 2.24) is 5.32 Å². The summed E-state index contributed by atoms with van der Waals surface area (Å²) in [7, 11) is 2.01. The van der Waals surface area contributed by atoms with E-state index in [0.29, 0.717) is 0 Å². The van der Waals surface area contributed by atoms with Crippen LogP contribution in [-0.4, -0.2) is 13.7 Å². The Morgan fingerprint density at radius 2 is 1.95 bits per heavy atom. The first kappa shape index (κ1) is 12.2. The first-order valence-electron chi connectivity index (χ1n) is 6.85. The Kier molecular flexibility index (Phi) is 3.51. The number of ether oxygens (including phenoxy) is 1. The van der Waals surface area contributed by atoms with Crippen LogP contribution in [0.3, 0.4) is 0 Å². The molecule has 0 radical (unpaired) electrons. The van der Waals surface area contributed by atoms with Crippen molar-refractivity contribution in [2.24, 2.45) is 0 Å². The molecule has 0 fully saturated rings. The minimum atomic E-state index is 0.255. The molecule has 0 bridgehead atoms. The number of fused-ring (bicyclic) bond motifs is 1. The Bertz CT molecular complexity index is 603. The average Bonchev–Trinajstić information content (AvgIpc) is 2.49. The lowest BCUT2D eigenvalue weighted by atomic mass is 9.94. The summed E-state index contributed by atoms with van der Waals surface area (Å²) >= 11 is 0. The summed E-state index contributed by atoms with van der Waals surface area (Å²) in [6.07, 6.45) is 4.15. The quantitative estimate of drug-likeness (QED) is 0.898. The van der Waals surface area contributed by atoms with E-state index in [1.165, 1.54) is 21.9 Å². The summed E-state index contributed by atoms with van der Waals surface area (Å²) < 4.78 is 5.47. The third-order valence-electron chi connectivity index (χ3n) is 3.73. The zero-order valence-electron chi connectivity index (χ0n) is 11.2. The zero-order chi connectivity index (χ0) is 13.1. The number of rotatable bonds is 3. The second-order valence-corrected chi connectivity index (χ2v) is 5.00. The van der Waals surface area contributed by atoms with Gasteiger partial charge < -0.3 is 10.1 Å². The SMILES string of the molecule is CNC(C1=COCCC1)c1ccc2ccccc2c1. The number of hydrogen-bond donors (Lipinski definition) is 1. The van der Waals surface area contributed by atoms with Gasteiger partial charge in [-0.15, -0.1) is 0 Å². The molecule has 1 N–H and O–H groups in total. The fourth-order valence-electron chi connectivity index (χ4n) is 2.75. The molecule has 2 nitrogen and oxygen atoms in total. The Hall–Kier alpha value is -1.80. The molecule has 2 heteroatoms. The molecule has 1 unspecified atom stereocenters. The summed E-state index contributed by atoms with van der Waals surface area (Å²) in [5, 5.41) is 5.98. The molecular weight excluding hydrogens is 234 g/mol. The standard InChI is InChI=1S/C17H19NO/c1-18-17(16-7-4-10-19-12-16)15-9-8-13-5-2-3-6-14(13)11-15/h2-3,5-6,8-9,11-12,17-18H,4,7,10H2,1H3. The molecule has 3 rings (SSSR count). The van der Waals surface area contributed by atoms with Crippen LogP contribution in [0.5, 0.6) is 0 Å². The molecule has 0 aliphatic carbocycles. The van der Waals surface area contributed by atoms with Gasteiger partial charge in [-0.25, -0.2) is 0 Å². The predicted molar refractivity (Wildman–Crippen MR) is 79.0 cm³/mol. The van der Waals surface area contributed by atoms with Gasteiger partial charge in [-0.2, -0.15) is 0 Å². The average molecular weight is 253 g/mol. The second-order valence-electron chi connectivity index (χ2n) is 5.00. The van der Waals surface area contributed by atoms with Crippen LogP contribution in [0, 0.1) is 0 Å². The highest BCUT2D eigenvalue weighted by molar-refractivity contribution is 5.83. The van der Waals surface area contributed by atoms with Crippen LogP contribution in [-0.2, 0) is 4.74 Å². The van der Waals surface area contributed by atoms with E-state index in [2.05, 4.69) is 47.8 Å². The maximum absolute atomic E-state index is 5.47. The first-order chi connectivity index (χ1) is 9.38. The largest absolute Gasteiger partial charge is 0.501 e. The second kappa shape index (κ2) is 5.45. The van der Waals surface area contributed by atoms with Gasteiger partial charge in [-0.05, 0) is 47.9 Å². The topological polar surface area (TPSA) is 21.3 Å². The number of likely N-dealkylation sites (N-methyl/N-ethyl adjacent to an activating group) is 1. The van der Waals surface area contributed by atoms with Gasteiger partial charge in [0.25, 0.3) is 0 Å². The van der Waals surface area contributed by atoms with Crippen molar-refractivity contribution in [1.29, 1.82) is 0 Å². The number of benzene rings is 2. The molecule has 19 heavy (non-hydrogen) atoms. The van der Waals surface area contributed by atoms with Crippen LogP contribution in [0.25, 0.3) is 10.8 Å². The monoisotopic (exact) mass is 253 g/mol. The summed E-state index contributed by atoms with van der Waals surface area (Å²) in [5.41, 5.74) is 2.64. The lowest BCUT2D eigenvalue weighted by Gasteiger charge is -2.23. The molecule has 1 heterocycles. The van der Waals surface area contributed by atoms with Gasteiger partial charge in [0.1, 0.15) is 0 Å². The van der Waals surface area contributed by atoms with Crippen LogP contribution in [0.1, 0.15) is 24.4 Å². The van der Waals surface area contributed by atoms with Crippen molar-refractivity contribution in [2.45, 2.75) is 18.9 Å². The highest BCUT2D eigenvalue weighted by Gasteiger charge is 2.17. The van der Waals surface area contributed by atoms with E-state index in [1.54, 1.807) is 0 Å². The lowest BCUT2D eigenvalue weighted by Crippen LogP contribution is -2.20. The fraction of sp³-hybridized carbons (Fsp3) is 0.294. The first-order valence-corrected chi connectivity index (χ1v) is 6.85. The van der Waals surface area contributed by atoms with Crippen molar-refractivity contribution in [3.8, 4) is 0 Å². The van der Waals surface area contributed by atoms with E-state index in [4.69, 9.17) is 4.74 Å². The Balaban J connectivity index is 1.98. The molecule has 98 valence electrons. The van der Waals surface area contributed by atoms with E-state index in [9.17, 15) is 0 Å². The molecule has 0 aromatic heterocycles. The van der Waals surface area contributed by atoms with Gasteiger partial charge >= 0.3 is 0 Å². The number of hydrogen-bond acceptors (Lipinski definition) is 2. The molecule has 0 spiro atoms. The normalized spacial score (nSPS) is 16.8. The molecule has 1 aliphatic heterocycles. The Labute approximate surface area is 114 Å². The summed E-state index contributed by atoms with van der Waals surface area (Å²) in [5.74, 6) is 0. The molecule has 0 amide bonds. The van der Waals surface area contributed by atoms with Crippen molar-refractivity contribution in [3.63, 3.8) is 0 Å². The van der Waals surface area contributed by atoms with Crippen LogP contribution >= 0.6 is 0 Å². The third-order valence-corrected chi connectivity index (χ3v) is 3.73. The van der Waals surface area contributed by atoms with Gasteiger partial charge in [0.2, 0.25) is 0 Å². The van der Waals surface area contributed by atoms with Crippen molar-refractivity contribution in [3.05, 3.63) is 59.9 Å². The van der Waals surface area contributed by atoms with Crippen molar-refractivity contribution >= 4 is 10.8 Å². The highest BCUT2D eigenvalue weighted by Crippen LogP contribution is 2.29.